The van der Waals surface area contributed by atoms with Gasteiger partial charge in [0, 0.05) is 29.3 Å². The molecule has 0 bridgehead atoms. The molecule has 5 nitrogen and oxygen atoms in total. The van der Waals surface area contributed by atoms with E-state index in [1.807, 2.05) is 37.3 Å². The maximum Gasteiger partial charge on any atom is 0.226 e. The Morgan fingerprint density at radius 3 is 2.47 bits per heavy atom. The number of carbonyl (C=O) groups excluding carboxylic acids is 1. The van der Waals surface area contributed by atoms with Crippen LogP contribution in [0.15, 0.2) is 59.0 Å². The molecular formula is C28H34N2O3S. The number of benzene rings is 2. The monoisotopic (exact) mass is 478 g/mol. The van der Waals surface area contributed by atoms with Crippen molar-refractivity contribution >= 4 is 16.6 Å². The molecular weight excluding hydrogens is 444 g/mol. The van der Waals surface area contributed by atoms with E-state index in [4.69, 9.17) is 4.42 Å². The average molecular weight is 479 g/mol. The van der Waals surface area contributed by atoms with Crippen molar-refractivity contribution in [2.75, 3.05) is 18.8 Å². The first-order valence-corrected chi connectivity index (χ1v) is 13.7. The highest BCUT2D eigenvalue weighted by Gasteiger charge is 2.17. The van der Waals surface area contributed by atoms with E-state index in [0.29, 0.717) is 23.8 Å². The molecule has 0 spiro atoms. The number of hydrogen-bond donors (Lipinski definition) is 0. The van der Waals surface area contributed by atoms with Crippen LogP contribution in [0.3, 0.4) is 0 Å². The van der Waals surface area contributed by atoms with Crippen molar-refractivity contribution in [1.29, 1.82) is 0 Å². The molecule has 3 aromatic rings. The molecule has 6 heteroatoms. The Morgan fingerprint density at radius 2 is 1.74 bits per heavy atom. The van der Waals surface area contributed by atoms with Crippen LogP contribution in [0.2, 0.25) is 0 Å². The fourth-order valence-electron chi connectivity index (χ4n) is 4.40. The number of aromatic nitrogens is 1. The Hall–Kier alpha value is -2.57. The van der Waals surface area contributed by atoms with Crippen LogP contribution in [0.5, 0.6) is 0 Å². The first-order chi connectivity index (χ1) is 16.6. The standard InChI is InChI=1S/C28H34N2O3S/c1-22-27(21-34(32)20-26(31)12-8-11-23-9-4-2-5-10-23)29-28(33-22)25-15-13-24(14-16-25)19-30-17-6-3-7-18-30/h2,4-5,9-10,13-16H,3,6-8,11-12,17-21H2,1H3. The molecule has 0 aliphatic carbocycles. The van der Waals surface area contributed by atoms with Crippen molar-refractivity contribution in [3.63, 3.8) is 0 Å². The molecule has 2 heterocycles. The fraction of sp³-hybridized carbons (Fsp3) is 0.429. The average Bonchev–Trinajstić information content (AvgIpc) is 3.20. The van der Waals surface area contributed by atoms with Crippen LogP contribution in [0.25, 0.3) is 11.5 Å². The number of aryl methyl sites for hydroxylation is 2. The first-order valence-electron chi connectivity index (χ1n) is 12.3. The highest BCUT2D eigenvalue weighted by molar-refractivity contribution is 7.84. The number of carbonyl (C=O) groups is 1. The van der Waals surface area contributed by atoms with Gasteiger partial charge in [-0.15, -0.1) is 0 Å². The highest BCUT2D eigenvalue weighted by Crippen LogP contribution is 2.24. The molecule has 0 radical (unpaired) electrons. The van der Waals surface area contributed by atoms with Gasteiger partial charge in [0.25, 0.3) is 0 Å². The largest absolute Gasteiger partial charge is 0.441 e. The van der Waals surface area contributed by atoms with E-state index in [1.54, 1.807) is 0 Å². The van der Waals surface area contributed by atoms with Gasteiger partial charge in [-0.25, -0.2) is 4.98 Å². The molecule has 1 fully saturated rings. The first kappa shape index (κ1) is 24.6. The molecule has 0 N–H and O–H groups in total. The van der Waals surface area contributed by atoms with Crippen LogP contribution in [-0.2, 0) is 34.3 Å². The lowest BCUT2D eigenvalue weighted by molar-refractivity contribution is -0.116. The highest BCUT2D eigenvalue weighted by atomic mass is 32.2. The summed E-state index contributed by atoms with van der Waals surface area (Å²) in [6.45, 7) is 5.18. The minimum Gasteiger partial charge on any atom is -0.441 e. The van der Waals surface area contributed by atoms with Crippen molar-refractivity contribution in [3.8, 4) is 11.5 Å². The predicted octanol–water partition coefficient (Wildman–Crippen LogP) is 5.48. The molecule has 1 aromatic heterocycles. The van der Waals surface area contributed by atoms with E-state index in [0.717, 1.165) is 24.9 Å². The Balaban J connectivity index is 1.26. The van der Waals surface area contributed by atoms with Gasteiger partial charge >= 0.3 is 0 Å². The van der Waals surface area contributed by atoms with Crippen LogP contribution in [-0.4, -0.2) is 38.7 Å². The van der Waals surface area contributed by atoms with E-state index < -0.39 is 10.8 Å². The van der Waals surface area contributed by atoms with Gasteiger partial charge in [0.1, 0.15) is 11.5 Å². The molecule has 180 valence electrons. The molecule has 34 heavy (non-hydrogen) atoms. The Kier molecular flexibility index (Phi) is 8.83. The quantitative estimate of drug-likeness (QED) is 0.365. The number of hydrogen-bond acceptors (Lipinski definition) is 5. The maximum atomic E-state index is 12.6. The zero-order valence-electron chi connectivity index (χ0n) is 20.0. The van der Waals surface area contributed by atoms with E-state index >= 15 is 0 Å². The molecule has 1 aliphatic rings. The third-order valence-corrected chi connectivity index (χ3v) is 7.57. The van der Waals surface area contributed by atoms with Crippen molar-refractivity contribution in [2.24, 2.45) is 0 Å². The van der Waals surface area contributed by atoms with E-state index in [-0.39, 0.29) is 17.3 Å². The topological polar surface area (TPSA) is 63.4 Å². The Bertz CT molecular complexity index is 1090. The zero-order valence-corrected chi connectivity index (χ0v) is 20.8. The van der Waals surface area contributed by atoms with E-state index in [9.17, 15) is 9.00 Å². The third-order valence-electron chi connectivity index (χ3n) is 6.33. The third kappa shape index (κ3) is 7.21. The lowest BCUT2D eigenvalue weighted by Gasteiger charge is -2.26. The van der Waals surface area contributed by atoms with Crippen molar-refractivity contribution in [2.45, 2.75) is 57.7 Å². The zero-order chi connectivity index (χ0) is 23.8. The number of rotatable bonds is 11. The van der Waals surface area contributed by atoms with Gasteiger partial charge in [-0.2, -0.15) is 0 Å². The number of likely N-dealkylation sites (tertiary alicyclic amines) is 1. The molecule has 1 aliphatic heterocycles. The Labute approximate surface area is 205 Å². The summed E-state index contributed by atoms with van der Waals surface area (Å²) in [4.78, 5) is 19.4. The lowest BCUT2D eigenvalue weighted by Crippen LogP contribution is -2.28. The van der Waals surface area contributed by atoms with Gasteiger partial charge in [-0.05, 0) is 69.0 Å². The summed E-state index contributed by atoms with van der Waals surface area (Å²) in [5.74, 6) is 1.56. The number of piperidine rings is 1. The summed E-state index contributed by atoms with van der Waals surface area (Å²) in [5.41, 5.74) is 4.10. The van der Waals surface area contributed by atoms with Crippen LogP contribution in [0.1, 0.15) is 54.7 Å². The SMILES string of the molecule is Cc1oc(-c2ccc(CN3CCCCC3)cc2)nc1CS(=O)CC(=O)CCCc1ccccc1. The van der Waals surface area contributed by atoms with E-state index in [1.165, 1.54) is 43.5 Å². The summed E-state index contributed by atoms with van der Waals surface area (Å²) in [6, 6.07) is 18.5. The van der Waals surface area contributed by atoms with Crippen molar-refractivity contribution in [1.82, 2.24) is 9.88 Å². The van der Waals surface area contributed by atoms with Gasteiger partial charge in [0.15, 0.2) is 0 Å². The normalized spacial score (nSPS) is 15.3. The summed E-state index contributed by atoms with van der Waals surface area (Å²) in [5, 5.41) is 0. The summed E-state index contributed by atoms with van der Waals surface area (Å²) in [6.07, 6.45) is 6.01. The van der Waals surface area contributed by atoms with Crippen molar-refractivity contribution in [3.05, 3.63) is 77.2 Å². The number of nitrogens with zero attached hydrogens (tertiary/aromatic N) is 2. The second-order valence-electron chi connectivity index (χ2n) is 9.16. The van der Waals surface area contributed by atoms with Gasteiger partial charge in [0.2, 0.25) is 5.89 Å². The van der Waals surface area contributed by atoms with Crippen LogP contribution in [0.4, 0.5) is 0 Å². The summed E-state index contributed by atoms with van der Waals surface area (Å²) >= 11 is 0. The summed E-state index contributed by atoms with van der Waals surface area (Å²) < 4.78 is 18.5. The predicted molar refractivity (Wildman–Crippen MR) is 137 cm³/mol. The molecule has 1 atom stereocenters. The smallest absolute Gasteiger partial charge is 0.226 e. The van der Waals surface area contributed by atoms with Gasteiger partial charge < -0.3 is 4.42 Å². The molecule has 0 amide bonds. The Morgan fingerprint density at radius 1 is 1.00 bits per heavy atom. The van der Waals surface area contributed by atoms with E-state index in [2.05, 4.69) is 34.1 Å². The second kappa shape index (κ2) is 12.2. The van der Waals surface area contributed by atoms with Crippen LogP contribution >= 0.6 is 0 Å². The number of oxazole rings is 1. The van der Waals surface area contributed by atoms with Crippen LogP contribution in [0, 0.1) is 6.92 Å². The minimum atomic E-state index is -1.29. The number of Topliss-reactive ketones (excluding diaryl/α,β-unsaturated/α-hetero) is 1. The molecule has 0 saturated carbocycles. The van der Waals surface area contributed by atoms with Gasteiger partial charge in [0.05, 0.1) is 17.2 Å². The van der Waals surface area contributed by atoms with Gasteiger partial charge in [-0.1, -0.05) is 48.9 Å². The molecule has 1 saturated heterocycles. The maximum absolute atomic E-state index is 12.6. The molecule has 4 rings (SSSR count). The number of ketones is 1. The van der Waals surface area contributed by atoms with Gasteiger partial charge in [-0.3, -0.25) is 13.9 Å². The lowest BCUT2D eigenvalue weighted by atomic mass is 10.1. The summed E-state index contributed by atoms with van der Waals surface area (Å²) in [7, 11) is -1.29. The van der Waals surface area contributed by atoms with Crippen LogP contribution < -0.4 is 0 Å². The fourth-order valence-corrected chi connectivity index (χ4v) is 5.58. The minimum absolute atomic E-state index is 0.0416. The molecule has 2 aromatic carbocycles. The second-order valence-corrected chi connectivity index (χ2v) is 10.6. The van der Waals surface area contributed by atoms with Crippen molar-refractivity contribution < 1.29 is 13.4 Å². The molecule has 1 unspecified atom stereocenters.